The number of benzene rings is 5. The largest absolute Gasteiger partial charge is 0.505 e. The van der Waals surface area contributed by atoms with Crippen LogP contribution in [-0.2, 0) is 33.8 Å². The summed E-state index contributed by atoms with van der Waals surface area (Å²) in [6, 6.07) is 25.5. The smallest absolute Gasteiger partial charge is 0.397 e. The maximum absolute atomic E-state index is 12.9. The number of aromatic hydroxyl groups is 1. The molecule has 1 amide bonds. The molecule has 0 saturated heterocycles. The molecular weight excluding hydrogens is 878 g/mol. The van der Waals surface area contributed by atoms with Crippen molar-refractivity contribution in [1.29, 1.82) is 0 Å². The van der Waals surface area contributed by atoms with Crippen LogP contribution in [0.4, 0.5) is 46.0 Å². The minimum absolute atomic E-state index is 0.0455. The van der Waals surface area contributed by atoms with Gasteiger partial charge in [-0.3, -0.25) is 13.8 Å². The maximum Gasteiger partial charge on any atom is 0.397 e. The van der Waals surface area contributed by atoms with E-state index < -0.39 is 38.5 Å². The minimum Gasteiger partial charge on any atom is -0.505 e. The standard InChI is InChI=1S/C37H34ClN9O11S3/c1-47(2,3)28-14-10-25(11-15-28)40-36-42-35(38)43-37(44-36)41-27-9-6-23-20-31(59-58-57-50)32(33(48)30(23)21-27)46-45-26-7-4-22(5-8-26)34(49)39-24-12-16-29(17-13-24)60(51,52)19-18-56-61(53,54)55/h4-17,20-21H,18-19H2,1-3H3,(H5-,39,40,41,42,43,44,48,49,50,53,54,55)/p+1. The number of sulfone groups is 1. The molecule has 0 aliphatic rings. The lowest BCUT2D eigenvalue weighted by molar-refractivity contribution is -0.432. The summed E-state index contributed by atoms with van der Waals surface area (Å²) in [7, 11) is -2.56. The minimum atomic E-state index is -4.79. The molecule has 0 fully saturated rings. The van der Waals surface area contributed by atoms with Crippen molar-refractivity contribution < 1.29 is 50.1 Å². The predicted molar refractivity (Wildman–Crippen MR) is 228 cm³/mol. The van der Waals surface area contributed by atoms with Crippen molar-refractivity contribution in [1.82, 2.24) is 19.4 Å². The van der Waals surface area contributed by atoms with E-state index >= 15 is 0 Å². The van der Waals surface area contributed by atoms with Crippen molar-refractivity contribution in [3.8, 4) is 5.75 Å². The van der Waals surface area contributed by atoms with Gasteiger partial charge >= 0.3 is 10.4 Å². The number of halogens is 1. The van der Waals surface area contributed by atoms with Crippen LogP contribution in [-0.4, -0.2) is 86.1 Å². The average Bonchev–Trinajstić information content (AvgIpc) is 3.19. The fraction of sp³-hybridized carbons (Fsp3) is 0.135. The molecule has 6 aromatic rings. The lowest BCUT2D eigenvalue weighted by atomic mass is 10.1. The van der Waals surface area contributed by atoms with Gasteiger partial charge in [-0.15, -0.1) is 9.45 Å². The second-order valence-corrected chi connectivity index (χ2v) is 17.9. The zero-order valence-electron chi connectivity index (χ0n) is 32.0. The molecule has 24 heteroatoms. The van der Waals surface area contributed by atoms with Gasteiger partial charge in [-0.05, 0) is 95.8 Å². The summed E-state index contributed by atoms with van der Waals surface area (Å²) in [5.74, 6) is -1.23. The third-order valence-electron chi connectivity index (χ3n) is 8.42. The Morgan fingerprint density at radius 2 is 1.44 bits per heavy atom. The summed E-state index contributed by atoms with van der Waals surface area (Å²) in [5.41, 5.74) is 3.03. The third-order valence-corrected chi connectivity index (χ3v) is 11.4. The van der Waals surface area contributed by atoms with Crippen LogP contribution in [0, 0.1) is 0 Å². The van der Waals surface area contributed by atoms with E-state index in [1.165, 1.54) is 48.5 Å². The van der Waals surface area contributed by atoms with Crippen LogP contribution in [0.3, 0.4) is 0 Å². The van der Waals surface area contributed by atoms with Crippen LogP contribution in [0.15, 0.2) is 117 Å². The first-order chi connectivity index (χ1) is 28.9. The first kappa shape index (κ1) is 44.7. The number of nitrogens with zero attached hydrogens (tertiary/aromatic N) is 6. The molecule has 0 saturated carbocycles. The van der Waals surface area contributed by atoms with Crippen LogP contribution in [0.2, 0.25) is 5.28 Å². The lowest BCUT2D eigenvalue weighted by Gasteiger charge is -2.23. The molecule has 61 heavy (non-hydrogen) atoms. The summed E-state index contributed by atoms with van der Waals surface area (Å²) >= 11 is 6.80. The van der Waals surface area contributed by atoms with E-state index in [1.807, 2.05) is 24.3 Å². The summed E-state index contributed by atoms with van der Waals surface area (Å²) in [4.78, 5) is 25.8. The van der Waals surface area contributed by atoms with Crippen molar-refractivity contribution in [2.45, 2.75) is 9.79 Å². The molecule has 0 aliphatic heterocycles. The number of hydrogen-bond donors (Lipinski definition) is 6. The van der Waals surface area contributed by atoms with Crippen LogP contribution >= 0.6 is 23.6 Å². The van der Waals surface area contributed by atoms with Gasteiger partial charge in [0.1, 0.15) is 11.4 Å². The highest BCUT2D eigenvalue weighted by molar-refractivity contribution is 7.94. The zero-order chi connectivity index (χ0) is 44.0. The number of carbonyl (C=O) groups excluding carboxylic acids is 1. The van der Waals surface area contributed by atoms with Gasteiger partial charge in [0.2, 0.25) is 17.2 Å². The molecule has 0 atom stereocenters. The molecule has 0 aliphatic carbocycles. The number of rotatable bonds is 17. The Labute approximate surface area is 357 Å². The highest BCUT2D eigenvalue weighted by Crippen LogP contribution is 2.45. The predicted octanol–water partition coefficient (Wildman–Crippen LogP) is 7.76. The monoisotopic (exact) mass is 912 g/mol. The molecule has 6 rings (SSSR count). The van der Waals surface area contributed by atoms with Gasteiger partial charge < -0.3 is 21.1 Å². The molecule has 1 heterocycles. The van der Waals surface area contributed by atoms with Gasteiger partial charge in [0.15, 0.2) is 15.6 Å². The molecule has 0 radical (unpaired) electrons. The molecule has 0 unspecified atom stereocenters. The van der Waals surface area contributed by atoms with Crippen LogP contribution in [0.1, 0.15) is 10.4 Å². The fourth-order valence-electron chi connectivity index (χ4n) is 5.45. The van der Waals surface area contributed by atoms with E-state index in [0.717, 1.165) is 11.4 Å². The molecule has 6 N–H and O–H groups in total. The van der Waals surface area contributed by atoms with Crippen molar-refractivity contribution in [2.24, 2.45) is 10.2 Å². The maximum atomic E-state index is 12.9. The fourth-order valence-corrected chi connectivity index (χ4v) is 7.59. The third kappa shape index (κ3) is 12.1. The second kappa shape index (κ2) is 18.8. The van der Waals surface area contributed by atoms with Crippen molar-refractivity contribution in [2.75, 3.05) is 49.5 Å². The Morgan fingerprint density at radius 3 is 2.07 bits per heavy atom. The Morgan fingerprint density at radius 1 is 0.820 bits per heavy atom. The summed E-state index contributed by atoms with van der Waals surface area (Å²) < 4.78 is 64.3. The number of hydrogen-bond acceptors (Lipinski definition) is 18. The number of carbonyl (C=O) groups is 1. The van der Waals surface area contributed by atoms with Gasteiger partial charge in [-0.1, -0.05) is 11.1 Å². The lowest BCUT2D eigenvalue weighted by Crippen LogP contribution is -2.34. The van der Waals surface area contributed by atoms with E-state index in [4.69, 9.17) is 21.4 Å². The summed E-state index contributed by atoms with van der Waals surface area (Å²) in [5, 5.41) is 42.1. The molecule has 0 bridgehead atoms. The second-order valence-electron chi connectivity index (χ2n) is 13.6. The van der Waals surface area contributed by atoms with Crippen LogP contribution in [0.25, 0.3) is 10.8 Å². The van der Waals surface area contributed by atoms with E-state index in [9.17, 15) is 26.7 Å². The van der Waals surface area contributed by atoms with Gasteiger partial charge in [0, 0.05) is 40.1 Å². The van der Waals surface area contributed by atoms with Crippen LogP contribution in [0.5, 0.6) is 5.75 Å². The Balaban J connectivity index is 1.16. The van der Waals surface area contributed by atoms with Crippen molar-refractivity contribution >= 4 is 107 Å². The Hall–Kier alpha value is -5.86. The van der Waals surface area contributed by atoms with Gasteiger partial charge in [0.25, 0.3) is 5.91 Å². The number of fused-ring (bicyclic) bond motifs is 1. The van der Waals surface area contributed by atoms with Crippen molar-refractivity contribution in [3.05, 3.63) is 108 Å². The van der Waals surface area contributed by atoms with Gasteiger partial charge in [-0.25, -0.2) is 17.9 Å². The SMILES string of the molecule is C[N+](C)(C)c1ccc(Nc2nc(Cl)nc(Nc3ccc4cc(SOOO)c(N=Nc5ccc(C(=O)Nc6ccc(S(=O)(=O)CCOS(=O)(=O)O)cc6)cc5)c(O)c4c3)n2)cc1. The quantitative estimate of drug-likeness (QED) is 0.0127. The molecule has 20 nitrogen and oxygen atoms in total. The van der Waals surface area contributed by atoms with Crippen molar-refractivity contribution in [3.63, 3.8) is 0 Å². The Kier molecular flexibility index (Phi) is 13.8. The molecule has 1 aromatic heterocycles. The number of phenols is 1. The summed E-state index contributed by atoms with van der Waals surface area (Å²) in [6.45, 7) is -0.779. The molecule has 318 valence electrons. The summed E-state index contributed by atoms with van der Waals surface area (Å²) in [6.07, 6.45) is 0. The average molecular weight is 913 g/mol. The normalized spacial score (nSPS) is 12.2. The zero-order valence-corrected chi connectivity index (χ0v) is 35.3. The molecular formula is C37H35ClN9O11S3+. The number of quaternary nitrogens is 1. The topological polar surface area (TPSA) is 273 Å². The van der Waals surface area contributed by atoms with E-state index in [0.29, 0.717) is 33.0 Å². The van der Waals surface area contributed by atoms with E-state index in [2.05, 4.69) is 75.8 Å². The number of azo groups is 1. The van der Waals surface area contributed by atoms with Crippen LogP contribution < -0.4 is 20.4 Å². The number of anilines is 5. The Bertz CT molecular complexity index is 2810. The number of amides is 1. The molecule has 0 spiro atoms. The first-order valence-corrected chi connectivity index (χ1v) is 21.6. The highest BCUT2D eigenvalue weighted by atomic mass is 35.5. The molecule has 5 aromatic carbocycles. The first-order valence-electron chi connectivity index (χ1n) is 17.5. The van der Waals surface area contributed by atoms with Gasteiger partial charge in [0.05, 0.1) is 61.0 Å². The number of nitrogens with one attached hydrogen (secondary N) is 3. The van der Waals surface area contributed by atoms with E-state index in [-0.39, 0.29) is 55.3 Å². The highest BCUT2D eigenvalue weighted by Gasteiger charge is 2.19. The number of aromatic nitrogens is 3. The number of phenolic OH excluding ortho intramolecular Hbond substituents is 1. The van der Waals surface area contributed by atoms with Gasteiger partial charge in [-0.2, -0.15) is 28.5 Å². The van der Waals surface area contributed by atoms with E-state index in [1.54, 1.807) is 24.3 Å².